The predicted molar refractivity (Wildman–Crippen MR) is 92.3 cm³/mol. The van der Waals surface area contributed by atoms with Crippen LogP contribution in [-0.4, -0.2) is 58.6 Å². The average Bonchev–Trinajstić information content (AvgIpc) is 2.51. The van der Waals surface area contributed by atoms with Gasteiger partial charge in [-0.05, 0) is 20.5 Å². The molecule has 0 radical (unpaired) electrons. The standard InChI is InChI=1S/C15H27N3OS2/c1-4-5-6-7-8-9-18(13-19)15(12-16)20-10-14(11-21-15)17(2)3/h13-14H,4-11H2,1-3H3. The highest BCUT2D eigenvalue weighted by Crippen LogP contribution is 2.44. The zero-order chi connectivity index (χ0) is 15.7. The van der Waals surface area contributed by atoms with Crippen LogP contribution in [0.4, 0.5) is 0 Å². The molecule has 21 heavy (non-hydrogen) atoms. The van der Waals surface area contributed by atoms with Crippen molar-refractivity contribution in [1.82, 2.24) is 9.80 Å². The molecule has 1 fully saturated rings. The summed E-state index contributed by atoms with van der Waals surface area (Å²) in [5.41, 5.74) is 0. The maximum Gasteiger partial charge on any atom is 0.224 e. The van der Waals surface area contributed by atoms with Crippen LogP contribution in [0.2, 0.25) is 0 Å². The van der Waals surface area contributed by atoms with Crippen LogP contribution < -0.4 is 0 Å². The van der Waals surface area contributed by atoms with Gasteiger partial charge in [0, 0.05) is 24.1 Å². The topological polar surface area (TPSA) is 47.3 Å². The van der Waals surface area contributed by atoms with Gasteiger partial charge in [-0.3, -0.25) is 4.79 Å². The Morgan fingerprint density at radius 1 is 1.24 bits per heavy atom. The molecule has 0 unspecified atom stereocenters. The first kappa shape index (κ1) is 18.7. The first-order chi connectivity index (χ1) is 10.1. The lowest BCUT2D eigenvalue weighted by atomic mass is 10.1. The lowest BCUT2D eigenvalue weighted by molar-refractivity contribution is -0.118. The quantitative estimate of drug-likeness (QED) is 0.481. The van der Waals surface area contributed by atoms with E-state index >= 15 is 0 Å². The highest BCUT2D eigenvalue weighted by atomic mass is 32.2. The molecule has 0 N–H and O–H groups in total. The number of hydrogen-bond donors (Lipinski definition) is 0. The third-order valence-electron chi connectivity index (χ3n) is 3.82. The number of amides is 1. The van der Waals surface area contributed by atoms with Gasteiger partial charge >= 0.3 is 0 Å². The van der Waals surface area contributed by atoms with E-state index in [0.717, 1.165) is 30.8 Å². The van der Waals surface area contributed by atoms with E-state index in [9.17, 15) is 10.1 Å². The van der Waals surface area contributed by atoms with E-state index in [1.165, 1.54) is 19.3 Å². The Balaban J connectivity index is 2.52. The van der Waals surface area contributed by atoms with Gasteiger partial charge in [0.25, 0.3) is 0 Å². The average molecular weight is 330 g/mol. The predicted octanol–water partition coefficient (Wildman–Crippen LogP) is 3.00. The summed E-state index contributed by atoms with van der Waals surface area (Å²) in [7, 11) is 4.13. The van der Waals surface area contributed by atoms with Crippen molar-refractivity contribution in [2.45, 2.75) is 49.3 Å². The molecule has 120 valence electrons. The summed E-state index contributed by atoms with van der Waals surface area (Å²) in [6.45, 7) is 2.88. The molecule has 1 aliphatic heterocycles. The largest absolute Gasteiger partial charge is 0.310 e. The molecule has 0 bridgehead atoms. The second kappa shape index (κ2) is 9.60. The normalized spacial score (nSPS) is 25.6. The van der Waals surface area contributed by atoms with Gasteiger partial charge in [-0.1, -0.05) is 32.6 Å². The monoisotopic (exact) mass is 329 g/mol. The van der Waals surface area contributed by atoms with Gasteiger partial charge in [0.15, 0.2) is 0 Å². The van der Waals surface area contributed by atoms with E-state index in [1.54, 1.807) is 28.4 Å². The Morgan fingerprint density at radius 3 is 2.33 bits per heavy atom. The SMILES string of the molecule is CCCCCCCN(C=O)C1(C#N)SCC(N(C)C)CS1. The minimum atomic E-state index is -0.723. The Morgan fingerprint density at radius 2 is 1.86 bits per heavy atom. The lowest BCUT2D eigenvalue weighted by Crippen LogP contribution is -2.48. The van der Waals surface area contributed by atoms with E-state index in [4.69, 9.17) is 0 Å². The summed E-state index contributed by atoms with van der Waals surface area (Å²) in [6, 6.07) is 2.85. The second-order valence-corrected chi connectivity index (χ2v) is 8.33. The Kier molecular flexibility index (Phi) is 8.53. The molecule has 1 rings (SSSR count). The van der Waals surface area contributed by atoms with Crippen LogP contribution >= 0.6 is 23.5 Å². The molecular weight excluding hydrogens is 302 g/mol. The van der Waals surface area contributed by atoms with Crippen molar-refractivity contribution in [1.29, 1.82) is 5.26 Å². The fraction of sp³-hybridized carbons (Fsp3) is 0.867. The summed E-state index contributed by atoms with van der Waals surface area (Å²) >= 11 is 3.21. The fourth-order valence-electron chi connectivity index (χ4n) is 2.26. The zero-order valence-electron chi connectivity index (χ0n) is 13.4. The number of thioether (sulfide) groups is 2. The highest BCUT2D eigenvalue weighted by molar-refractivity contribution is 8.19. The van der Waals surface area contributed by atoms with Crippen molar-refractivity contribution >= 4 is 29.9 Å². The van der Waals surface area contributed by atoms with Gasteiger partial charge in [0.2, 0.25) is 10.6 Å². The van der Waals surface area contributed by atoms with Crippen molar-refractivity contribution in [2.75, 3.05) is 32.1 Å². The number of carbonyl (C=O) groups is 1. The van der Waals surface area contributed by atoms with Crippen molar-refractivity contribution in [3.8, 4) is 6.07 Å². The van der Waals surface area contributed by atoms with E-state index < -0.39 is 4.20 Å². The molecule has 6 heteroatoms. The first-order valence-electron chi connectivity index (χ1n) is 7.67. The summed E-state index contributed by atoms with van der Waals surface area (Å²) in [4.78, 5) is 15.3. The summed E-state index contributed by atoms with van der Waals surface area (Å²) in [6.07, 6.45) is 6.66. The molecule has 0 spiro atoms. The second-order valence-electron chi connectivity index (χ2n) is 5.65. The molecular formula is C15H27N3OS2. The van der Waals surface area contributed by atoms with Crippen LogP contribution in [-0.2, 0) is 4.79 Å². The summed E-state index contributed by atoms with van der Waals surface area (Å²) < 4.78 is -0.723. The number of nitrogens with zero attached hydrogens (tertiary/aromatic N) is 3. The molecule has 0 atom stereocenters. The maximum atomic E-state index is 11.4. The van der Waals surface area contributed by atoms with E-state index in [1.807, 2.05) is 0 Å². The van der Waals surface area contributed by atoms with Gasteiger partial charge < -0.3 is 9.80 Å². The van der Waals surface area contributed by atoms with Crippen molar-refractivity contribution < 1.29 is 4.79 Å². The number of unbranched alkanes of at least 4 members (excludes halogenated alkanes) is 4. The Labute approximate surface area is 137 Å². The summed E-state index contributed by atoms with van der Waals surface area (Å²) in [5.74, 6) is 1.79. The Bertz CT molecular complexity index is 349. The molecule has 4 nitrogen and oxygen atoms in total. The van der Waals surface area contributed by atoms with Crippen LogP contribution in [0, 0.1) is 11.3 Å². The molecule has 1 saturated heterocycles. The smallest absolute Gasteiger partial charge is 0.224 e. The van der Waals surface area contributed by atoms with Gasteiger partial charge in [-0.25, -0.2) is 0 Å². The van der Waals surface area contributed by atoms with Gasteiger partial charge in [-0.15, -0.1) is 23.5 Å². The maximum absolute atomic E-state index is 11.4. The fourth-order valence-corrected chi connectivity index (χ4v) is 5.54. The van der Waals surface area contributed by atoms with Crippen LogP contribution in [0.25, 0.3) is 0 Å². The van der Waals surface area contributed by atoms with Crippen molar-refractivity contribution in [3.63, 3.8) is 0 Å². The third kappa shape index (κ3) is 5.39. The van der Waals surface area contributed by atoms with E-state index in [0.29, 0.717) is 12.6 Å². The molecule has 1 heterocycles. The van der Waals surface area contributed by atoms with E-state index in [-0.39, 0.29) is 0 Å². The number of hydrogen-bond acceptors (Lipinski definition) is 5. The minimum Gasteiger partial charge on any atom is -0.310 e. The third-order valence-corrected chi connectivity index (χ3v) is 7.07. The molecule has 0 saturated carbocycles. The minimum absolute atomic E-state index is 0.472. The molecule has 1 aliphatic rings. The molecule has 0 aromatic rings. The van der Waals surface area contributed by atoms with Crippen LogP contribution in [0.3, 0.4) is 0 Å². The van der Waals surface area contributed by atoms with Crippen molar-refractivity contribution in [2.24, 2.45) is 0 Å². The lowest BCUT2D eigenvalue weighted by Gasteiger charge is -2.41. The highest BCUT2D eigenvalue weighted by Gasteiger charge is 2.42. The first-order valence-corrected chi connectivity index (χ1v) is 9.64. The summed E-state index contributed by atoms with van der Waals surface area (Å²) in [5, 5.41) is 9.60. The molecule has 0 aromatic heterocycles. The molecule has 0 aromatic carbocycles. The van der Waals surface area contributed by atoms with Gasteiger partial charge in [0.05, 0.1) is 0 Å². The number of nitriles is 1. The number of carbonyl (C=O) groups excluding carboxylic acids is 1. The van der Waals surface area contributed by atoms with Crippen molar-refractivity contribution in [3.05, 3.63) is 0 Å². The number of rotatable bonds is 9. The van der Waals surface area contributed by atoms with E-state index in [2.05, 4.69) is 32.0 Å². The van der Waals surface area contributed by atoms with Crippen LogP contribution in [0.1, 0.15) is 39.0 Å². The van der Waals surface area contributed by atoms with Gasteiger partial charge in [-0.2, -0.15) is 5.26 Å². The Hall–Kier alpha value is -0.380. The molecule has 1 amide bonds. The van der Waals surface area contributed by atoms with Gasteiger partial charge in [0.1, 0.15) is 6.07 Å². The zero-order valence-corrected chi connectivity index (χ0v) is 15.0. The van der Waals surface area contributed by atoms with Crippen LogP contribution in [0.5, 0.6) is 0 Å². The van der Waals surface area contributed by atoms with Crippen LogP contribution in [0.15, 0.2) is 0 Å². The molecule has 0 aliphatic carbocycles.